The van der Waals surface area contributed by atoms with E-state index in [1.165, 1.54) is 11.0 Å². The lowest BCUT2D eigenvalue weighted by Gasteiger charge is -2.23. The lowest BCUT2D eigenvalue weighted by molar-refractivity contribution is -0.137. The fraction of sp³-hybridized carbons (Fsp3) is 0.385. The molecule has 0 aliphatic heterocycles. The molecule has 0 bridgehead atoms. The van der Waals surface area contributed by atoms with Crippen molar-refractivity contribution in [1.82, 2.24) is 4.90 Å². The number of aliphatic carboxylic acids is 1. The minimum Gasteiger partial charge on any atom is -0.480 e. The standard InChI is InChI=1S/C13H15BrClNO3/c1-8(2)6-16(7-12(17)18)13(19)9-3-4-10(14)11(15)5-9/h3-5,8H,6-7H2,1-2H3,(H,17,18). The predicted molar refractivity (Wildman–Crippen MR) is 77.5 cm³/mol. The lowest BCUT2D eigenvalue weighted by Crippen LogP contribution is -2.38. The van der Waals surface area contributed by atoms with Crippen molar-refractivity contribution in [3.05, 3.63) is 33.3 Å². The SMILES string of the molecule is CC(C)CN(CC(=O)O)C(=O)c1ccc(Br)c(Cl)c1. The topological polar surface area (TPSA) is 57.6 Å². The number of carboxylic acid groups (broad SMARTS) is 1. The molecular formula is C13H15BrClNO3. The van der Waals surface area contributed by atoms with Crippen molar-refractivity contribution in [2.75, 3.05) is 13.1 Å². The maximum absolute atomic E-state index is 12.3. The first-order chi connectivity index (χ1) is 8.81. The molecule has 6 heteroatoms. The molecule has 4 nitrogen and oxygen atoms in total. The molecule has 104 valence electrons. The summed E-state index contributed by atoms with van der Waals surface area (Å²) in [6.45, 7) is 3.93. The Balaban J connectivity index is 2.97. The molecule has 1 aromatic rings. The summed E-state index contributed by atoms with van der Waals surface area (Å²) in [5.41, 5.74) is 0.384. The van der Waals surface area contributed by atoms with Crippen LogP contribution in [0.5, 0.6) is 0 Å². The molecule has 0 atom stereocenters. The fourth-order valence-electron chi connectivity index (χ4n) is 1.64. The largest absolute Gasteiger partial charge is 0.480 e. The summed E-state index contributed by atoms with van der Waals surface area (Å²) in [5.74, 6) is -1.17. The third-order valence-corrected chi connectivity index (χ3v) is 3.60. The highest BCUT2D eigenvalue weighted by molar-refractivity contribution is 9.10. The molecule has 0 radical (unpaired) electrons. The molecule has 0 saturated heterocycles. The average molecular weight is 349 g/mol. The number of carbonyl (C=O) groups is 2. The van der Waals surface area contributed by atoms with Gasteiger partial charge in [0, 0.05) is 16.6 Å². The molecule has 1 N–H and O–H groups in total. The summed E-state index contributed by atoms with van der Waals surface area (Å²) in [6.07, 6.45) is 0. The average Bonchev–Trinajstić information content (AvgIpc) is 2.29. The van der Waals surface area contributed by atoms with Gasteiger partial charge in [0.25, 0.3) is 5.91 Å². The maximum atomic E-state index is 12.3. The van der Waals surface area contributed by atoms with Gasteiger partial charge in [0.1, 0.15) is 6.54 Å². The van der Waals surface area contributed by atoms with Crippen LogP contribution in [0, 0.1) is 5.92 Å². The van der Waals surface area contributed by atoms with Crippen LogP contribution in [0.1, 0.15) is 24.2 Å². The van der Waals surface area contributed by atoms with Gasteiger partial charge in [-0.15, -0.1) is 0 Å². The maximum Gasteiger partial charge on any atom is 0.323 e. The van der Waals surface area contributed by atoms with E-state index in [0.717, 1.165) is 0 Å². The summed E-state index contributed by atoms with van der Waals surface area (Å²) in [5, 5.41) is 9.29. The smallest absolute Gasteiger partial charge is 0.323 e. The Morgan fingerprint density at radius 3 is 2.53 bits per heavy atom. The van der Waals surface area contributed by atoms with Crippen LogP contribution in [0.15, 0.2) is 22.7 Å². The molecular weight excluding hydrogens is 334 g/mol. The van der Waals surface area contributed by atoms with E-state index < -0.39 is 5.97 Å². The van der Waals surface area contributed by atoms with Gasteiger partial charge in [-0.25, -0.2) is 0 Å². The van der Waals surface area contributed by atoms with Gasteiger partial charge < -0.3 is 10.0 Å². The number of carboxylic acids is 1. The van der Waals surface area contributed by atoms with Crippen LogP contribution in [-0.4, -0.2) is 35.0 Å². The Labute approximate surface area is 125 Å². The van der Waals surface area contributed by atoms with Gasteiger partial charge in [0.05, 0.1) is 5.02 Å². The summed E-state index contributed by atoms with van der Waals surface area (Å²) < 4.78 is 0.694. The van der Waals surface area contributed by atoms with Crippen molar-refractivity contribution in [3.63, 3.8) is 0 Å². The molecule has 1 aromatic carbocycles. The number of amides is 1. The quantitative estimate of drug-likeness (QED) is 0.888. The lowest BCUT2D eigenvalue weighted by atomic mass is 10.1. The van der Waals surface area contributed by atoms with E-state index in [4.69, 9.17) is 16.7 Å². The molecule has 1 rings (SSSR count). The highest BCUT2D eigenvalue weighted by atomic mass is 79.9. The van der Waals surface area contributed by atoms with Crippen molar-refractivity contribution in [2.45, 2.75) is 13.8 Å². The van der Waals surface area contributed by atoms with E-state index in [1.807, 2.05) is 13.8 Å². The third kappa shape index (κ3) is 4.84. The van der Waals surface area contributed by atoms with Crippen LogP contribution in [0.3, 0.4) is 0 Å². The second-order valence-corrected chi connectivity index (χ2v) is 5.86. The molecule has 0 aliphatic carbocycles. The fourth-order valence-corrected chi connectivity index (χ4v) is 2.06. The molecule has 0 fully saturated rings. The van der Waals surface area contributed by atoms with Crippen LogP contribution in [0.2, 0.25) is 5.02 Å². The van der Waals surface area contributed by atoms with Crippen LogP contribution < -0.4 is 0 Å². The van der Waals surface area contributed by atoms with Gasteiger partial charge in [0.2, 0.25) is 0 Å². The Bertz CT molecular complexity index is 491. The van der Waals surface area contributed by atoms with Crippen LogP contribution in [0.25, 0.3) is 0 Å². The van der Waals surface area contributed by atoms with Crippen molar-refractivity contribution >= 4 is 39.4 Å². The Morgan fingerprint density at radius 1 is 1.42 bits per heavy atom. The highest BCUT2D eigenvalue weighted by Crippen LogP contribution is 2.24. The van der Waals surface area contributed by atoms with Gasteiger partial charge in [-0.2, -0.15) is 0 Å². The van der Waals surface area contributed by atoms with Gasteiger partial charge in [0.15, 0.2) is 0 Å². The van der Waals surface area contributed by atoms with E-state index in [0.29, 0.717) is 21.6 Å². The molecule has 19 heavy (non-hydrogen) atoms. The van der Waals surface area contributed by atoms with Crippen LogP contribution >= 0.6 is 27.5 Å². The van der Waals surface area contributed by atoms with Gasteiger partial charge in [-0.05, 0) is 40.0 Å². The summed E-state index contributed by atoms with van der Waals surface area (Å²) in [4.78, 5) is 24.4. The van der Waals surface area contributed by atoms with Crippen molar-refractivity contribution in [1.29, 1.82) is 0 Å². The monoisotopic (exact) mass is 347 g/mol. The molecule has 1 amide bonds. The van der Waals surface area contributed by atoms with E-state index in [9.17, 15) is 9.59 Å². The van der Waals surface area contributed by atoms with Gasteiger partial charge in [-0.3, -0.25) is 9.59 Å². The number of rotatable bonds is 5. The first-order valence-corrected chi connectivity index (χ1v) is 6.94. The van der Waals surface area contributed by atoms with Gasteiger partial charge in [-0.1, -0.05) is 25.4 Å². The van der Waals surface area contributed by atoms with Crippen molar-refractivity contribution in [2.24, 2.45) is 5.92 Å². The number of hydrogen-bond acceptors (Lipinski definition) is 2. The highest BCUT2D eigenvalue weighted by Gasteiger charge is 2.20. The molecule has 0 unspecified atom stereocenters. The van der Waals surface area contributed by atoms with Crippen LogP contribution in [0.4, 0.5) is 0 Å². The van der Waals surface area contributed by atoms with Gasteiger partial charge >= 0.3 is 5.97 Å². The zero-order valence-corrected chi connectivity index (χ0v) is 13.0. The Hall–Kier alpha value is -1.07. The second kappa shape index (κ2) is 6.91. The molecule has 0 aromatic heterocycles. The summed E-state index contributed by atoms with van der Waals surface area (Å²) >= 11 is 9.19. The molecule has 0 aliphatic rings. The first-order valence-electron chi connectivity index (χ1n) is 5.77. The van der Waals surface area contributed by atoms with Crippen molar-refractivity contribution in [3.8, 4) is 0 Å². The van der Waals surface area contributed by atoms with Crippen molar-refractivity contribution < 1.29 is 14.7 Å². The zero-order chi connectivity index (χ0) is 14.6. The van der Waals surface area contributed by atoms with E-state index in [2.05, 4.69) is 15.9 Å². The number of nitrogens with zero attached hydrogens (tertiary/aromatic N) is 1. The minimum atomic E-state index is -1.03. The summed E-state index contributed by atoms with van der Waals surface area (Å²) in [6, 6.07) is 4.82. The minimum absolute atomic E-state index is 0.189. The summed E-state index contributed by atoms with van der Waals surface area (Å²) in [7, 11) is 0. The normalized spacial score (nSPS) is 10.6. The number of hydrogen-bond donors (Lipinski definition) is 1. The van der Waals surface area contributed by atoms with E-state index in [1.54, 1.807) is 12.1 Å². The number of benzene rings is 1. The first kappa shape index (κ1) is 16.0. The van der Waals surface area contributed by atoms with Crippen LogP contribution in [-0.2, 0) is 4.79 Å². The predicted octanol–water partition coefficient (Wildman–Crippen LogP) is 3.29. The zero-order valence-electron chi connectivity index (χ0n) is 10.7. The van der Waals surface area contributed by atoms with E-state index >= 15 is 0 Å². The molecule has 0 saturated carbocycles. The molecule has 0 heterocycles. The number of carbonyl (C=O) groups excluding carboxylic acids is 1. The Morgan fingerprint density at radius 2 is 2.05 bits per heavy atom. The molecule has 0 spiro atoms. The second-order valence-electron chi connectivity index (χ2n) is 4.60. The third-order valence-electron chi connectivity index (χ3n) is 2.37. The number of halogens is 2. The van der Waals surface area contributed by atoms with E-state index in [-0.39, 0.29) is 18.4 Å². The Kier molecular flexibility index (Phi) is 5.82.